The predicted octanol–water partition coefficient (Wildman–Crippen LogP) is 2.35. The maximum atomic E-state index is 8.60. The molecule has 0 aliphatic carbocycles. The van der Waals surface area contributed by atoms with Crippen molar-refractivity contribution in [3.8, 4) is 0 Å². The molecule has 3 heteroatoms. The van der Waals surface area contributed by atoms with Gasteiger partial charge in [-0.25, -0.2) is 0 Å². The zero-order chi connectivity index (χ0) is 10.4. The van der Waals surface area contributed by atoms with Gasteiger partial charge in [0.2, 0.25) is 0 Å². The Kier molecular flexibility index (Phi) is 4.94. The third kappa shape index (κ3) is 4.09. The second-order valence-electron chi connectivity index (χ2n) is 4.54. The van der Waals surface area contributed by atoms with E-state index >= 15 is 0 Å². The Hall–Kier alpha value is -0.570. The van der Waals surface area contributed by atoms with Crippen molar-refractivity contribution in [3.63, 3.8) is 0 Å². The monoisotopic (exact) mass is 198 g/mol. The molecule has 0 saturated carbocycles. The lowest BCUT2D eigenvalue weighted by molar-refractivity contribution is 0.255. The van der Waals surface area contributed by atoms with Crippen LogP contribution < -0.4 is 0 Å². The molecule has 1 fully saturated rings. The fraction of sp³-hybridized carbons (Fsp3) is 0.909. The van der Waals surface area contributed by atoms with Crippen LogP contribution in [0.2, 0.25) is 0 Å². The molecule has 0 amide bonds. The van der Waals surface area contributed by atoms with E-state index in [1.54, 1.807) is 0 Å². The normalized spacial score (nSPS) is 18.9. The molecule has 1 N–H and O–H groups in total. The molecule has 1 aliphatic heterocycles. The Balaban J connectivity index is 2.10. The lowest BCUT2D eigenvalue weighted by Gasteiger charge is -2.27. The van der Waals surface area contributed by atoms with Crippen LogP contribution in [0.1, 0.15) is 39.5 Å². The van der Waals surface area contributed by atoms with Crippen LogP contribution in [0.4, 0.5) is 0 Å². The number of piperidine rings is 1. The second kappa shape index (κ2) is 6.02. The van der Waals surface area contributed by atoms with E-state index in [2.05, 4.69) is 23.9 Å². The van der Waals surface area contributed by atoms with Crippen molar-refractivity contribution < 1.29 is 5.21 Å². The van der Waals surface area contributed by atoms with Gasteiger partial charge in [0.15, 0.2) is 0 Å². The van der Waals surface area contributed by atoms with Crippen molar-refractivity contribution in [1.29, 1.82) is 0 Å². The van der Waals surface area contributed by atoms with Gasteiger partial charge in [-0.15, -0.1) is 0 Å². The van der Waals surface area contributed by atoms with Crippen LogP contribution in [-0.2, 0) is 0 Å². The second-order valence-corrected chi connectivity index (χ2v) is 4.54. The SMILES string of the molecule is CC(C)CCCN1CCC(=NO)CC1. The largest absolute Gasteiger partial charge is 0.411 e. The van der Waals surface area contributed by atoms with Crippen molar-refractivity contribution in [2.75, 3.05) is 19.6 Å². The van der Waals surface area contributed by atoms with Crippen LogP contribution in [0.5, 0.6) is 0 Å². The van der Waals surface area contributed by atoms with Gasteiger partial charge in [-0.05, 0) is 25.3 Å². The molecule has 0 aromatic rings. The molecule has 1 saturated heterocycles. The van der Waals surface area contributed by atoms with Crippen molar-refractivity contribution in [1.82, 2.24) is 4.90 Å². The third-order valence-electron chi connectivity index (χ3n) is 2.83. The number of nitrogens with zero attached hydrogens (tertiary/aromatic N) is 2. The van der Waals surface area contributed by atoms with Crippen LogP contribution in [0.25, 0.3) is 0 Å². The maximum Gasteiger partial charge on any atom is 0.0596 e. The topological polar surface area (TPSA) is 35.8 Å². The number of likely N-dealkylation sites (tertiary alicyclic amines) is 1. The first-order valence-electron chi connectivity index (χ1n) is 5.64. The summed E-state index contributed by atoms with van der Waals surface area (Å²) in [6.45, 7) is 7.88. The average Bonchev–Trinajstić information content (AvgIpc) is 2.18. The first-order chi connectivity index (χ1) is 6.72. The van der Waals surface area contributed by atoms with Gasteiger partial charge in [0.05, 0.1) is 5.71 Å². The van der Waals surface area contributed by atoms with Crippen LogP contribution in [0.3, 0.4) is 0 Å². The lowest BCUT2D eigenvalue weighted by Crippen LogP contribution is -2.34. The minimum absolute atomic E-state index is 0.814. The summed E-state index contributed by atoms with van der Waals surface area (Å²) in [7, 11) is 0. The summed E-state index contributed by atoms with van der Waals surface area (Å²) in [4.78, 5) is 2.47. The molecular formula is C11H22N2O. The average molecular weight is 198 g/mol. The van der Waals surface area contributed by atoms with Gasteiger partial charge in [-0.3, -0.25) is 0 Å². The summed E-state index contributed by atoms with van der Waals surface area (Å²) in [6.07, 6.45) is 4.50. The molecule has 0 spiro atoms. The smallest absolute Gasteiger partial charge is 0.0596 e. The Labute approximate surface area is 86.8 Å². The van der Waals surface area contributed by atoms with Gasteiger partial charge in [-0.1, -0.05) is 19.0 Å². The third-order valence-corrected chi connectivity index (χ3v) is 2.83. The van der Waals surface area contributed by atoms with Crippen LogP contribution in [-0.4, -0.2) is 35.5 Å². The summed E-state index contributed by atoms with van der Waals surface area (Å²) in [5.41, 5.74) is 0.963. The molecule has 0 aromatic heterocycles. The summed E-state index contributed by atoms with van der Waals surface area (Å²) in [5.74, 6) is 0.814. The molecular weight excluding hydrogens is 176 g/mol. The number of rotatable bonds is 4. The molecule has 82 valence electrons. The van der Waals surface area contributed by atoms with Crippen molar-refractivity contribution in [2.24, 2.45) is 11.1 Å². The molecule has 0 unspecified atom stereocenters. The summed E-state index contributed by atoms with van der Waals surface area (Å²) < 4.78 is 0. The van der Waals surface area contributed by atoms with Gasteiger partial charge in [0.1, 0.15) is 0 Å². The highest BCUT2D eigenvalue weighted by atomic mass is 16.4. The number of oxime groups is 1. The molecule has 0 aromatic carbocycles. The first-order valence-corrected chi connectivity index (χ1v) is 5.64. The number of hydrogen-bond acceptors (Lipinski definition) is 3. The minimum atomic E-state index is 0.814. The van der Waals surface area contributed by atoms with Crippen LogP contribution >= 0.6 is 0 Å². The maximum absolute atomic E-state index is 8.60. The van der Waals surface area contributed by atoms with Gasteiger partial charge < -0.3 is 10.1 Å². The van der Waals surface area contributed by atoms with E-state index in [9.17, 15) is 0 Å². The zero-order valence-corrected chi connectivity index (χ0v) is 9.37. The fourth-order valence-electron chi connectivity index (χ4n) is 1.86. The highest BCUT2D eigenvalue weighted by Gasteiger charge is 2.14. The molecule has 0 radical (unpaired) electrons. The Morgan fingerprint density at radius 3 is 2.50 bits per heavy atom. The van der Waals surface area contributed by atoms with E-state index in [0.29, 0.717) is 0 Å². The van der Waals surface area contributed by atoms with Crippen molar-refractivity contribution in [3.05, 3.63) is 0 Å². The lowest BCUT2D eigenvalue weighted by atomic mass is 10.1. The Bertz CT molecular complexity index is 180. The van der Waals surface area contributed by atoms with E-state index in [4.69, 9.17) is 5.21 Å². The van der Waals surface area contributed by atoms with Crippen LogP contribution in [0, 0.1) is 5.92 Å². The van der Waals surface area contributed by atoms with Gasteiger partial charge >= 0.3 is 0 Å². The molecule has 1 aliphatic rings. The Morgan fingerprint density at radius 2 is 2.00 bits per heavy atom. The van der Waals surface area contributed by atoms with Gasteiger partial charge in [-0.2, -0.15) is 0 Å². The van der Waals surface area contributed by atoms with E-state index < -0.39 is 0 Å². The summed E-state index contributed by atoms with van der Waals surface area (Å²) >= 11 is 0. The van der Waals surface area contributed by atoms with Crippen LogP contribution in [0.15, 0.2) is 5.16 Å². The number of hydrogen-bond donors (Lipinski definition) is 1. The van der Waals surface area contributed by atoms with Crippen molar-refractivity contribution >= 4 is 5.71 Å². The van der Waals surface area contributed by atoms with Gasteiger partial charge in [0.25, 0.3) is 0 Å². The van der Waals surface area contributed by atoms with E-state index in [1.165, 1.54) is 19.4 Å². The summed E-state index contributed by atoms with van der Waals surface area (Å²) in [5, 5.41) is 11.9. The standard InChI is InChI=1S/C11H22N2O/c1-10(2)4-3-7-13-8-5-11(12-14)6-9-13/h10,14H,3-9H2,1-2H3. The molecule has 1 rings (SSSR count). The highest BCUT2D eigenvalue weighted by Crippen LogP contribution is 2.10. The molecule has 14 heavy (non-hydrogen) atoms. The molecule has 1 heterocycles. The van der Waals surface area contributed by atoms with Crippen molar-refractivity contribution in [2.45, 2.75) is 39.5 Å². The molecule has 3 nitrogen and oxygen atoms in total. The summed E-state index contributed by atoms with van der Waals surface area (Å²) in [6, 6.07) is 0. The highest BCUT2D eigenvalue weighted by molar-refractivity contribution is 5.84. The molecule has 0 bridgehead atoms. The predicted molar refractivity (Wildman–Crippen MR) is 59.0 cm³/mol. The minimum Gasteiger partial charge on any atom is -0.411 e. The van der Waals surface area contributed by atoms with E-state index in [0.717, 1.165) is 37.6 Å². The van der Waals surface area contributed by atoms with E-state index in [1.807, 2.05) is 0 Å². The molecule has 0 atom stereocenters. The van der Waals surface area contributed by atoms with E-state index in [-0.39, 0.29) is 0 Å². The zero-order valence-electron chi connectivity index (χ0n) is 9.37. The first kappa shape index (κ1) is 11.5. The Morgan fingerprint density at radius 1 is 1.36 bits per heavy atom. The van der Waals surface area contributed by atoms with Gasteiger partial charge in [0, 0.05) is 25.9 Å². The fourth-order valence-corrected chi connectivity index (χ4v) is 1.86. The quantitative estimate of drug-likeness (QED) is 0.556.